The van der Waals surface area contributed by atoms with Crippen molar-refractivity contribution in [2.24, 2.45) is 5.92 Å². The largest absolute Gasteiger partial charge is 0.304 e. The van der Waals surface area contributed by atoms with E-state index in [2.05, 4.69) is 46.2 Å². The minimum Gasteiger partial charge on any atom is -0.304 e. The van der Waals surface area contributed by atoms with Crippen LogP contribution in [0.1, 0.15) is 37.7 Å². The fourth-order valence-corrected chi connectivity index (χ4v) is 3.22. The van der Waals surface area contributed by atoms with E-state index < -0.39 is 0 Å². The molecule has 1 fully saturated rings. The highest BCUT2D eigenvalue weighted by atomic mass is 19.1. The molecule has 0 radical (unpaired) electrons. The van der Waals surface area contributed by atoms with Crippen LogP contribution in [0.4, 0.5) is 4.39 Å². The molecule has 1 aliphatic rings. The molecule has 1 saturated heterocycles. The Kier molecular flexibility index (Phi) is 5.75. The number of hydrogen-bond donors (Lipinski definition) is 0. The monoisotopic (exact) mass is 346 g/mol. The van der Waals surface area contributed by atoms with E-state index in [0.717, 1.165) is 45.0 Å². The lowest BCUT2D eigenvalue weighted by molar-refractivity contribution is 0.119. The Bertz CT molecular complexity index is 678. The molecule has 7 heteroatoms. The van der Waals surface area contributed by atoms with Crippen LogP contribution in [0.5, 0.6) is 0 Å². The molecule has 0 bridgehead atoms. The Morgan fingerprint density at radius 2 is 1.84 bits per heavy atom. The topological polar surface area (TPSA) is 50.1 Å². The van der Waals surface area contributed by atoms with Gasteiger partial charge in [-0.05, 0) is 35.9 Å². The van der Waals surface area contributed by atoms with E-state index in [1.54, 1.807) is 6.07 Å². The molecule has 0 spiro atoms. The van der Waals surface area contributed by atoms with Crippen LogP contribution in [0.2, 0.25) is 0 Å². The van der Waals surface area contributed by atoms with Crippen molar-refractivity contribution < 1.29 is 4.39 Å². The summed E-state index contributed by atoms with van der Waals surface area (Å²) in [4.78, 5) is 4.58. The molecule has 1 aromatic heterocycles. The van der Waals surface area contributed by atoms with Crippen LogP contribution < -0.4 is 0 Å². The number of piperazine rings is 1. The van der Waals surface area contributed by atoms with Crippen LogP contribution in [0.25, 0.3) is 0 Å². The summed E-state index contributed by atoms with van der Waals surface area (Å²) in [6.45, 7) is 8.76. The second kappa shape index (κ2) is 8.01. The maximum absolute atomic E-state index is 14.6. The third kappa shape index (κ3) is 4.22. The second-order valence-corrected chi connectivity index (χ2v) is 7.21. The summed E-state index contributed by atoms with van der Waals surface area (Å²) in [5, 5.41) is 12.3. The second-order valence-electron chi connectivity index (χ2n) is 7.21. The normalized spacial score (nSPS) is 18.0. The summed E-state index contributed by atoms with van der Waals surface area (Å²) >= 11 is 0. The maximum Gasteiger partial charge on any atom is 0.173 e. The molecule has 1 aliphatic heterocycles. The molecule has 25 heavy (non-hydrogen) atoms. The van der Waals surface area contributed by atoms with Crippen molar-refractivity contribution >= 4 is 0 Å². The number of likely N-dealkylation sites (N-methyl/N-ethyl adjacent to an activating group) is 1. The lowest BCUT2D eigenvalue weighted by Gasteiger charge is -2.37. The molecule has 2 aromatic rings. The summed E-state index contributed by atoms with van der Waals surface area (Å²) in [5.74, 6) is 1.09. The predicted molar refractivity (Wildman–Crippen MR) is 94.6 cm³/mol. The highest BCUT2D eigenvalue weighted by molar-refractivity contribution is 5.26. The van der Waals surface area contributed by atoms with Gasteiger partial charge in [0.2, 0.25) is 0 Å². The van der Waals surface area contributed by atoms with Crippen LogP contribution in [-0.4, -0.2) is 63.2 Å². The molecular weight excluding hydrogens is 319 g/mol. The maximum atomic E-state index is 14.6. The summed E-state index contributed by atoms with van der Waals surface area (Å²) in [7, 11) is 2.11. The highest BCUT2D eigenvalue weighted by Gasteiger charge is 2.31. The van der Waals surface area contributed by atoms with E-state index in [1.807, 2.05) is 16.8 Å². The van der Waals surface area contributed by atoms with Gasteiger partial charge in [0.1, 0.15) is 11.9 Å². The molecule has 0 aliphatic carbocycles. The summed E-state index contributed by atoms with van der Waals surface area (Å²) in [6, 6.07) is 6.71. The Hall–Kier alpha value is -1.86. The fraction of sp³-hybridized carbons (Fsp3) is 0.611. The van der Waals surface area contributed by atoms with Crippen LogP contribution >= 0.6 is 0 Å². The third-order valence-electron chi connectivity index (χ3n) is 4.83. The molecule has 1 aromatic carbocycles. The van der Waals surface area contributed by atoms with E-state index in [9.17, 15) is 4.39 Å². The first kappa shape index (κ1) is 17.9. The van der Waals surface area contributed by atoms with Crippen LogP contribution in [0, 0.1) is 11.7 Å². The van der Waals surface area contributed by atoms with Crippen molar-refractivity contribution in [3.63, 3.8) is 0 Å². The number of nitrogens with zero attached hydrogens (tertiary/aromatic N) is 6. The highest BCUT2D eigenvalue weighted by Crippen LogP contribution is 2.29. The quantitative estimate of drug-likeness (QED) is 0.802. The van der Waals surface area contributed by atoms with Gasteiger partial charge in [-0.2, -0.15) is 0 Å². The summed E-state index contributed by atoms with van der Waals surface area (Å²) in [6.07, 6.45) is 0.991. The number of aromatic nitrogens is 4. The SMILES string of the molecule is CC(C)CCn1nnnc1[C@H](c1ccccc1F)N1CCN(C)CC1. The van der Waals surface area contributed by atoms with Gasteiger partial charge >= 0.3 is 0 Å². The van der Waals surface area contributed by atoms with Gasteiger partial charge in [-0.25, -0.2) is 9.07 Å². The zero-order valence-corrected chi connectivity index (χ0v) is 15.3. The van der Waals surface area contributed by atoms with Crippen molar-refractivity contribution in [1.29, 1.82) is 0 Å². The van der Waals surface area contributed by atoms with Gasteiger partial charge in [0, 0.05) is 38.3 Å². The first-order chi connectivity index (χ1) is 12.1. The van der Waals surface area contributed by atoms with Gasteiger partial charge in [0.05, 0.1) is 0 Å². The molecule has 0 amide bonds. The Labute approximate surface area is 148 Å². The van der Waals surface area contributed by atoms with Crippen molar-refractivity contribution in [3.05, 3.63) is 41.5 Å². The number of benzene rings is 1. The molecular formula is C18H27FN6. The number of halogens is 1. The number of hydrogen-bond acceptors (Lipinski definition) is 5. The molecule has 0 unspecified atom stereocenters. The van der Waals surface area contributed by atoms with Gasteiger partial charge in [-0.15, -0.1) is 5.10 Å². The van der Waals surface area contributed by atoms with Crippen LogP contribution in [0.3, 0.4) is 0 Å². The van der Waals surface area contributed by atoms with E-state index in [0.29, 0.717) is 11.5 Å². The predicted octanol–water partition coefficient (Wildman–Crippen LogP) is 2.20. The number of rotatable bonds is 6. The average molecular weight is 346 g/mol. The van der Waals surface area contributed by atoms with E-state index in [4.69, 9.17) is 0 Å². The molecule has 1 atom stereocenters. The zero-order valence-electron chi connectivity index (χ0n) is 15.3. The smallest absolute Gasteiger partial charge is 0.173 e. The summed E-state index contributed by atoms with van der Waals surface area (Å²) in [5.41, 5.74) is 0.646. The van der Waals surface area contributed by atoms with E-state index >= 15 is 0 Å². The lowest BCUT2D eigenvalue weighted by Crippen LogP contribution is -2.47. The molecule has 3 rings (SSSR count). The minimum atomic E-state index is -0.253. The molecule has 6 nitrogen and oxygen atoms in total. The van der Waals surface area contributed by atoms with E-state index in [1.165, 1.54) is 6.07 Å². The Balaban J connectivity index is 1.95. The van der Waals surface area contributed by atoms with Crippen LogP contribution in [-0.2, 0) is 6.54 Å². The van der Waals surface area contributed by atoms with Gasteiger partial charge in [-0.1, -0.05) is 32.0 Å². The van der Waals surface area contributed by atoms with Gasteiger partial charge in [-0.3, -0.25) is 4.90 Å². The first-order valence-electron chi connectivity index (χ1n) is 8.99. The Morgan fingerprint density at radius 3 is 2.52 bits per heavy atom. The van der Waals surface area contributed by atoms with Crippen LogP contribution in [0.15, 0.2) is 24.3 Å². The van der Waals surface area contributed by atoms with Crippen molar-refractivity contribution in [2.75, 3.05) is 33.2 Å². The molecule has 0 saturated carbocycles. The van der Waals surface area contributed by atoms with Crippen molar-refractivity contribution in [2.45, 2.75) is 32.9 Å². The van der Waals surface area contributed by atoms with Crippen molar-refractivity contribution in [1.82, 2.24) is 30.0 Å². The number of tetrazole rings is 1. The fourth-order valence-electron chi connectivity index (χ4n) is 3.22. The van der Waals surface area contributed by atoms with Gasteiger partial charge in [0.25, 0.3) is 0 Å². The minimum absolute atomic E-state index is 0.204. The first-order valence-corrected chi connectivity index (χ1v) is 8.99. The average Bonchev–Trinajstić information content (AvgIpc) is 3.05. The third-order valence-corrected chi connectivity index (χ3v) is 4.83. The van der Waals surface area contributed by atoms with Gasteiger partial charge in [0.15, 0.2) is 5.82 Å². The van der Waals surface area contributed by atoms with E-state index in [-0.39, 0.29) is 11.9 Å². The molecule has 136 valence electrons. The molecule has 2 heterocycles. The number of aryl methyl sites for hydroxylation is 1. The standard InChI is InChI=1S/C18H27FN6/c1-14(2)8-9-25-18(20-21-22-25)17(15-6-4-5-7-16(15)19)24-12-10-23(3)11-13-24/h4-7,14,17H,8-13H2,1-3H3/t17-/m0/s1. The van der Waals surface area contributed by atoms with Gasteiger partial charge < -0.3 is 4.90 Å². The zero-order chi connectivity index (χ0) is 17.8. The summed E-state index contributed by atoms with van der Waals surface area (Å²) < 4.78 is 16.4. The van der Waals surface area contributed by atoms with Crippen molar-refractivity contribution in [3.8, 4) is 0 Å². The molecule has 0 N–H and O–H groups in total. The Morgan fingerprint density at radius 1 is 1.12 bits per heavy atom. The lowest BCUT2D eigenvalue weighted by atomic mass is 10.0.